The summed E-state index contributed by atoms with van der Waals surface area (Å²) in [6.07, 6.45) is 0. The summed E-state index contributed by atoms with van der Waals surface area (Å²) in [5.41, 5.74) is 2.62. The Labute approximate surface area is 101 Å². The molecule has 1 heterocycles. The Morgan fingerprint density at radius 3 is 3.06 bits per heavy atom. The van der Waals surface area contributed by atoms with E-state index in [4.69, 9.17) is 10.4 Å². The van der Waals surface area contributed by atoms with E-state index in [0.29, 0.717) is 16.3 Å². The second kappa shape index (κ2) is 4.63. The molecule has 0 amide bonds. The molecule has 2 rings (SSSR count). The van der Waals surface area contributed by atoms with Crippen LogP contribution in [0.2, 0.25) is 0 Å². The maximum Gasteiger partial charge on any atom is 0.357 e. The number of anilines is 2. The Morgan fingerprint density at radius 1 is 1.53 bits per heavy atom. The zero-order chi connectivity index (χ0) is 12.3. The van der Waals surface area contributed by atoms with Crippen LogP contribution in [0, 0.1) is 11.3 Å². The van der Waals surface area contributed by atoms with Gasteiger partial charge >= 0.3 is 5.97 Å². The first kappa shape index (κ1) is 11.1. The molecule has 0 spiro atoms. The lowest BCUT2D eigenvalue weighted by Gasteiger charge is -2.04. The normalized spacial score (nSPS) is 9.59. The number of carbonyl (C=O) groups is 1. The van der Waals surface area contributed by atoms with Gasteiger partial charge in [-0.05, 0) is 18.2 Å². The van der Waals surface area contributed by atoms with Gasteiger partial charge in [0.05, 0.1) is 17.1 Å². The first-order valence-corrected chi connectivity index (χ1v) is 5.52. The first-order valence-electron chi connectivity index (χ1n) is 4.64. The van der Waals surface area contributed by atoms with Crippen molar-refractivity contribution < 1.29 is 9.90 Å². The first-order chi connectivity index (χ1) is 8.20. The fourth-order valence-electron chi connectivity index (χ4n) is 1.28. The molecule has 2 N–H and O–H groups in total. The van der Waals surface area contributed by atoms with Gasteiger partial charge in [-0.2, -0.15) is 5.26 Å². The number of nitriles is 1. The Bertz CT molecular complexity index is 601. The Morgan fingerprint density at radius 2 is 2.35 bits per heavy atom. The van der Waals surface area contributed by atoms with E-state index in [0.717, 1.165) is 0 Å². The number of rotatable bonds is 3. The molecule has 0 aliphatic carbocycles. The van der Waals surface area contributed by atoms with Crippen LogP contribution in [-0.4, -0.2) is 16.1 Å². The van der Waals surface area contributed by atoms with E-state index in [2.05, 4.69) is 10.3 Å². The topological polar surface area (TPSA) is 86.0 Å². The van der Waals surface area contributed by atoms with Crippen LogP contribution in [0.5, 0.6) is 0 Å². The summed E-state index contributed by atoms with van der Waals surface area (Å²) in [7, 11) is 0. The number of carboxylic acids is 1. The summed E-state index contributed by atoms with van der Waals surface area (Å²) in [5, 5.41) is 21.0. The van der Waals surface area contributed by atoms with Crippen LogP contribution < -0.4 is 5.32 Å². The van der Waals surface area contributed by atoms with Gasteiger partial charge in [-0.25, -0.2) is 9.78 Å². The highest BCUT2D eigenvalue weighted by atomic mass is 32.1. The lowest BCUT2D eigenvalue weighted by molar-refractivity contribution is 0.0692. The highest BCUT2D eigenvalue weighted by molar-refractivity contribution is 7.14. The van der Waals surface area contributed by atoms with Crippen LogP contribution in [0.1, 0.15) is 16.1 Å². The molecule has 17 heavy (non-hydrogen) atoms. The van der Waals surface area contributed by atoms with Crippen LogP contribution >= 0.6 is 11.3 Å². The third-order valence-corrected chi connectivity index (χ3v) is 2.76. The van der Waals surface area contributed by atoms with E-state index in [9.17, 15) is 4.79 Å². The minimum atomic E-state index is -1.08. The number of aromatic carboxylic acids is 1. The van der Waals surface area contributed by atoms with Crippen molar-refractivity contribution in [3.05, 3.63) is 41.0 Å². The average molecular weight is 245 g/mol. The van der Waals surface area contributed by atoms with Crippen LogP contribution in [-0.2, 0) is 0 Å². The van der Waals surface area contributed by atoms with Crippen LogP contribution in [0.4, 0.5) is 10.7 Å². The molecule has 5 nitrogen and oxygen atoms in total. The summed E-state index contributed by atoms with van der Waals surface area (Å²) in [6, 6.07) is 8.82. The number of thiazole rings is 1. The van der Waals surface area contributed by atoms with E-state index in [1.807, 2.05) is 6.07 Å². The van der Waals surface area contributed by atoms with Crippen LogP contribution in [0.25, 0.3) is 0 Å². The van der Waals surface area contributed by atoms with Crippen molar-refractivity contribution in [1.29, 1.82) is 5.26 Å². The Hall–Kier alpha value is -2.39. The highest BCUT2D eigenvalue weighted by Gasteiger charge is 2.13. The number of nitrogens with zero attached hydrogens (tertiary/aromatic N) is 2. The molecule has 0 fully saturated rings. The van der Waals surface area contributed by atoms with Gasteiger partial charge in [0.25, 0.3) is 0 Å². The molecule has 6 heteroatoms. The van der Waals surface area contributed by atoms with Gasteiger partial charge < -0.3 is 10.4 Å². The van der Waals surface area contributed by atoms with Gasteiger partial charge in [-0.1, -0.05) is 6.07 Å². The summed E-state index contributed by atoms with van der Waals surface area (Å²) < 4.78 is 0. The molecule has 0 saturated carbocycles. The zero-order valence-electron chi connectivity index (χ0n) is 8.54. The molecule has 0 saturated heterocycles. The van der Waals surface area contributed by atoms with Crippen LogP contribution in [0.15, 0.2) is 29.8 Å². The van der Waals surface area contributed by atoms with E-state index < -0.39 is 5.97 Å². The standard InChI is InChI=1S/C11H7N3O2S/c12-5-7-2-1-3-8(4-7)14-10-9(11(15)16)13-6-17-10/h1-4,6,14H,(H,15,16). The molecule has 0 atom stereocenters. The molecule has 0 radical (unpaired) electrons. The van der Waals surface area contributed by atoms with Gasteiger partial charge in [0.2, 0.25) is 0 Å². The van der Waals surface area contributed by atoms with E-state index in [1.165, 1.54) is 16.8 Å². The Balaban J connectivity index is 2.29. The summed E-state index contributed by atoms with van der Waals surface area (Å²) >= 11 is 1.20. The van der Waals surface area contributed by atoms with Crippen LogP contribution in [0.3, 0.4) is 0 Å². The quantitative estimate of drug-likeness (QED) is 0.867. The maximum absolute atomic E-state index is 10.8. The SMILES string of the molecule is N#Cc1cccc(Nc2scnc2C(=O)O)c1. The molecule has 0 aliphatic heterocycles. The third kappa shape index (κ3) is 2.41. The minimum Gasteiger partial charge on any atom is -0.476 e. The predicted octanol–water partition coefficient (Wildman–Crippen LogP) is 2.46. The number of hydrogen-bond acceptors (Lipinski definition) is 5. The lowest BCUT2D eigenvalue weighted by atomic mass is 10.2. The maximum atomic E-state index is 10.8. The zero-order valence-corrected chi connectivity index (χ0v) is 9.36. The monoisotopic (exact) mass is 245 g/mol. The number of carboxylic acid groups (broad SMARTS) is 1. The second-order valence-electron chi connectivity index (χ2n) is 3.15. The molecule has 0 bridgehead atoms. The van der Waals surface area contributed by atoms with Crippen molar-refractivity contribution in [1.82, 2.24) is 4.98 Å². The van der Waals surface area contributed by atoms with Crippen molar-refractivity contribution >= 4 is 28.0 Å². The van der Waals surface area contributed by atoms with E-state index >= 15 is 0 Å². The number of nitrogens with one attached hydrogen (secondary N) is 1. The molecule has 84 valence electrons. The molecule has 1 aromatic heterocycles. The smallest absolute Gasteiger partial charge is 0.357 e. The van der Waals surface area contributed by atoms with Crippen molar-refractivity contribution in [3.8, 4) is 6.07 Å². The minimum absolute atomic E-state index is 0.0163. The van der Waals surface area contributed by atoms with E-state index in [1.54, 1.807) is 24.3 Å². The average Bonchev–Trinajstić information content (AvgIpc) is 2.77. The summed E-state index contributed by atoms with van der Waals surface area (Å²) in [4.78, 5) is 14.6. The van der Waals surface area contributed by atoms with Gasteiger partial charge in [0, 0.05) is 5.69 Å². The highest BCUT2D eigenvalue weighted by Crippen LogP contribution is 2.25. The fourth-order valence-corrected chi connectivity index (χ4v) is 1.98. The predicted molar refractivity (Wildman–Crippen MR) is 63.5 cm³/mol. The van der Waals surface area contributed by atoms with E-state index in [-0.39, 0.29) is 5.69 Å². The summed E-state index contributed by atoms with van der Waals surface area (Å²) in [6.45, 7) is 0. The molecule has 1 aromatic carbocycles. The molecule has 0 unspecified atom stereocenters. The summed E-state index contributed by atoms with van der Waals surface area (Å²) in [5.74, 6) is -1.08. The van der Waals surface area contributed by atoms with Crippen molar-refractivity contribution in [2.45, 2.75) is 0 Å². The third-order valence-electron chi connectivity index (χ3n) is 2.02. The number of hydrogen-bond donors (Lipinski definition) is 2. The molecule has 2 aromatic rings. The number of aromatic nitrogens is 1. The number of benzene rings is 1. The van der Waals surface area contributed by atoms with Gasteiger partial charge in [0.15, 0.2) is 5.69 Å². The fraction of sp³-hybridized carbons (Fsp3) is 0. The lowest BCUT2D eigenvalue weighted by Crippen LogP contribution is -2.01. The van der Waals surface area contributed by atoms with Gasteiger partial charge in [-0.15, -0.1) is 11.3 Å². The van der Waals surface area contributed by atoms with Gasteiger partial charge in [0.1, 0.15) is 5.00 Å². The molecular formula is C11H7N3O2S. The largest absolute Gasteiger partial charge is 0.476 e. The van der Waals surface area contributed by atoms with Gasteiger partial charge in [-0.3, -0.25) is 0 Å². The Kier molecular flexibility index (Phi) is 3.03. The van der Waals surface area contributed by atoms with Crippen molar-refractivity contribution in [3.63, 3.8) is 0 Å². The van der Waals surface area contributed by atoms with Crippen molar-refractivity contribution in [2.24, 2.45) is 0 Å². The molecular weight excluding hydrogens is 238 g/mol. The molecule has 0 aliphatic rings. The second-order valence-corrected chi connectivity index (χ2v) is 4.01. The van der Waals surface area contributed by atoms with Crippen molar-refractivity contribution in [2.75, 3.05) is 5.32 Å².